The van der Waals surface area contributed by atoms with E-state index in [-0.39, 0.29) is 52.8 Å². The fraction of sp³-hybridized carbons (Fsp3) is 1.00. The van der Waals surface area contributed by atoms with Gasteiger partial charge in [-0.05, 0) is 0 Å². The molecule has 0 aromatic carbocycles. The van der Waals surface area contributed by atoms with Gasteiger partial charge in [-0.2, -0.15) is 26.3 Å². The van der Waals surface area contributed by atoms with Gasteiger partial charge in [-0.1, -0.05) is 0 Å². The van der Waals surface area contributed by atoms with Crippen LogP contribution < -0.4 is 51.4 Å². The van der Waals surface area contributed by atoms with E-state index in [1.807, 2.05) is 0 Å². The minimum Gasteiger partial charge on any atom is -1.00 e. The van der Waals surface area contributed by atoms with Gasteiger partial charge in [-0.15, -0.1) is 0 Å². The summed E-state index contributed by atoms with van der Waals surface area (Å²) in [6.45, 7) is 0. The van der Waals surface area contributed by atoms with Gasteiger partial charge in [0.25, 0.3) is 6.17 Å². The molecule has 0 unspecified atom stereocenters. The van der Waals surface area contributed by atoms with Crippen LogP contribution in [0.2, 0.25) is 0 Å². The van der Waals surface area contributed by atoms with Gasteiger partial charge in [0.15, 0.2) is 0 Å². The summed E-state index contributed by atoms with van der Waals surface area (Å²) in [6.07, 6.45) is -16.4. The summed E-state index contributed by atoms with van der Waals surface area (Å²) in [4.78, 5) is 0. The molecule has 0 aliphatic carbocycles. The third-order valence-corrected chi connectivity index (χ3v) is 0.575. The van der Waals surface area contributed by atoms with E-state index in [9.17, 15) is 30.7 Å². The molecule has 0 radical (unpaired) electrons. The second-order valence-electron chi connectivity index (χ2n) is 1.45. The van der Waals surface area contributed by atoms with Crippen LogP contribution in [0.1, 0.15) is 1.43 Å². The van der Waals surface area contributed by atoms with Crippen molar-refractivity contribution < 1.29 is 83.5 Å². The van der Waals surface area contributed by atoms with Crippen molar-refractivity contribution >= 4 is 0 Å². The monoisotopic (exact) mass is 210 g/mol. The van der Waals surface area contributed by atoms with Crippen LogP contribution in [-0.4, -0.2) is 18.5 Å². The minimum absolute atomic E-state index is 0. The van der Waals surface area contributed by atoms with Gasteiger partial charge in [0.1, 0.15) is 0 Å². The van der Waals surface area contributed by atoms with Crippen molar-refractivity contribution in [1.82, 2.24) is 0 Å². The molecule has 0 aliphatic heterocycles. The molecule has 0 aromatic rings. The summed E-state index contributed by atoms with van der Waals surface area (Å²) >= 11 is 0. The maximum absolute atomic E-state index is 11.2. The zero-order valence-corrected chi connectivity index (χ0v) is 8.35. The Morgan fingerprint density at radius 2 is 1.00 bits per heavy atom. The van der Waals surface area contributed by atoms with Crippen molar-refractivity contribution in [3.05, 3.63) is 0 Å². The molecule has 0 amide bonds. The third kappa shape index (κ3) is 5.40. The Hall–Kier alpha value is 1.15. The fourth-order valence-corrected chi connectivity index (χ4v) is 0.186. The van der Waals surface area contributed by atoms with Crippen LogP contribution in [0.5, 0.6) is 0 Å². The van der Waals surface area contributed by atoms with E-state index in [1.165, 1.54) is 0 Å². The molecule has 0 aliphatic rings. The molecule has 0 bridgehead atoms. The Bertz CT molecular complexity index is 103. The van der Waals surface area contributed by atoms with E-state index in [0.717, 1.165) is 0 Å². The average Bonchev–Trinajstić information content (AvgIpc) is 1.59. The van der Waals surface area contributed by atoms with Crippen molar-refractivity contribution in [2.75, 3.05) is 0 Å². The Labute approximate surface area is 101 Å². The number of alkyl halides is 7. The molecular weight excluding hydrogens is 208 g/mol. The second kappa shape index (κ2) is 4.40. The minimum atomic E-state index is -5.85. The molecule has 0 spiro atoms. The zero-order chi connectivity index (χ0) is 8.58. The van der Waals surface area contributed by atoms with Crippen LogP contribution in [0, 0.1) is 0 Å². The average molecular weight is 210 g/mol. The third-order valence-electron chi connectivity index (χ3n) is 0.575. The molecule has 0 saturated carbocycles. The molecule has 0 heterocycles. The van der Waals surface area contributed by atoms with E-state index in [2.05, 4.69) is 0 Å². The van der Waals surface area contributed by atoms with Crippen LogP contribution in [0.3, 0.4) is 0 Å². The van der Waals surface area contributed by atoms with E-state index >= 15 is 0 Å². The van der Waals surface area contributed by atoms with E-state index in [1.54, 1.807) is 0 Å². The van der Waals surface area contributed by atoms with Crippen molar-refractivity contribution in [2.24, 2.45) is 0 Å². The smallest absolute Gasteiger partial charge is 1.00 e. The second-order valence-corrected chi connectivity index (χ2v) is 1.45. The predicted molar refractivity (Wildman–Crippen MR) is 18.1 cm³/mol. The fourth-order valence-electron chi connectivity index (χ4n) is 0.186. The number of hydrogen-bond donors (Lipinski definition) is 0. The van der Waals surface area contributed by atoms with Gasteiger partial charge in [-0.25, -0.2) is 4.39 Å². The molecule has 0 atom stereocenters. The van der Waals surface area contributed by atoms with Crippen molar-refractivity contribution in [1.29, 1.82) is 0 Å². The quantitative estimate of drug-likeness (QED) is 0.376. The largest absolute Gasteiger partial charge is 1.00 e. The molecule has 11 heavy (non-hydrogen) atoms. The topological polar surface area (TPSA) is 0 Å². The van der Waals surface area contributed by atoms with Crippen molar-refractivity contribution in [3.63, 3.8) is 0 Å². The van der Waals surface area contributed by atoms with Crippen LogP contribution in [-0.2, 0) is 0 Å². The number of rotatable bonds is 0. The Balaban J connectivity index is -0.000000405. The van der Waals surface area contributed by atoms with Gasteiger partial charge < -0.3 is 1.43 Å². The van der Waals surface area contributed by atoms with Crippen LogP contribution in [0.4, 0.5) is 30.7 Å². The molecule has 0 nitrogen and oxygen atoms in total. The molecule has 0 saturated heterocycles. The maximum Gasteiger partial charge on any atom is 1.00 e. The summed E-state index contributed by atoms with van der Waals surface area (Å²) in [5.41, 5.74) is 0. The van der Waals surface area contributed by atoms with Crippen molar-refractivity contribution in [2.45, 2.75) is 18.5 Å². The standard InChI is InChI=1S/C3HF7.K.H/c4-1(2(5,6)7)3(8,9)10;;/h1H;;/q;+1;-1. The van der Waals surface area contributed by atoms with Gasteiger partial charge >= 0.3 is 63.7 Å². The van der Waals surface area contributed by atoms with Gasteiger partial charge in [0, 0.05) is 0 Å². The molecule has 64 valence electrons. The summed E-state index contributed by atoms with van der Waals surface area (Å²) in [5, 5.41) is 0. The van der Waals surface area contributed by atoms with Crippen molar-refractivity contribution in [3.8, 4) is 0 Å². The maximum atomic E-state index is 11.2. The number of halogens is 7. The first-order chi connectivity index (χ1) is 4.15. The van der Waals surface area contributed by atoms with E-state index in [0.29, 0.717) is 0 Å². The normalized spacial score (nSPS) is 13.1. The summed E-state index contributed by atoms with van der Waals surface area (Å²) < 4.78 is 76.3. The molecular formula is C3H2F7K. The first kappa shape index (κ1) is 14.7. The Morgan fingerprint density at radius 3 is 1.00 bits per heavy atom. The van der Waals surface area contributed by atoms with E-state index < -0.39 is 18.5 Å². The van der Waals surface area contributed by atoms with Crippen LogP contribution in [0.25, 0.3) is 0 Å². The Morgan fingerprint density at radius 1 is 0.818 bits per heavy atom. The molecule has 0 N–H and O–H groups in total. The van der Waals surface area contributed by atoms with E-state index in [4.69, 9.17) is 0 Å². The van der Waals surface area contributed by atoms with Gasteiger partial charge in [0.05, 0.1) is 0 Å². The zero-order valence-electron chi connectivity index (χ0n) is 6.22. The molecule has 0 rings (SSSR count). The molecule has 0 fully saturated rings. The van der Waals surface area contributed by atoms with Gasteiger partial charge in [-0.3, -0.25) is 0 Å². The first-order valence-electron chi connectivity index (χ1n) is 1.93. The van der Waals surface area contributed by atoms with Crippen LogP contribution >= 0.6 is 0 Å². The van der Waals surface area contributed by atoms with Gasteiger partial charge in [0.2, 0.25) is 0 Å². The Kier molecular flexibility index (Phi) is 5.87. The summed E-state index contributed by atoms with van der Waals surface area (Å²) in [6, 6.07) is 0. The first-order valence-corrected chi connectivity index (χ1v) is 1.93. The summed E-state index contributed by atoms with van der Waals surface area (Å²) in [5.74, 6) is 0. The molecule has 0 aromatic heterocycles. The predicted octanol–water partition coefficient (Wildman–Crippen LogP) is -0.434. The molecule has 8 heteroatoms. The SMILES string of the molecule is FC(C(F)(F)F)C(F)(F)F.[H-].[K+]. The number of hydrogen-bond acceptors (Lipinski definition) is 0. The van der Waals surface area contributed by atoms with Crippen LogP contribution in [0.15, 0.2) is 0 Å². The summed E-state index contributed by atoms with van der Waals surface area (Å²) in [7, 11) is 0.